The standard InChI is InChI=1S/C20H27N3O3/c24-19(22-8-10-26-11-9-22)14-23-17-6-7-18(23)13-16(12-17)21-20(25)15-4-2-1-3-5-15/h1-5,16-18H,6-14H2,(H,21,25)/t16?,17-,18+. The minimum Gasteiger partial charge on any atom is -0.378 e. The fraction of sp³-hybridized carbons (Fsp3) is 0.600. The Morgan fingerprint density at radius 1 is 1.04 bits per heavy atom. The van der Waals surface area contributed by atoms with Crippen LogP contribution < -0.4 is 5.32 Å². The maximum atomic E-state index is 12.6. The molecule has 3 aliphatic rings. The van der Waals surface area contributed by atoms with Gasteiger partial charge in [-0.1, -0.05) is 18.2 Å². The molecule has 1 aromatic rings. The molecule has 2 bridgehead atoms. The van der Waals surface area contributed by atoms with Crippen molar-refractivity contribution < 1.29 is 14.3 Å². The highest BCUT2D eigenvalue weighted by Crippen LogP contribution is 2.35. The second kappa shape index (κ2) is 7.76. The van der Waals surface area contributed by atoms with E-state index in [1.807, 2.05) is 35.2 Å². The van der Waals surface area contributed by atoms with E-state index in [2.05, 4.69) is 10.2 Å². The van der Waals surface area contributed by atoms with Crippen LogP contribution >= 0.6 is 0 Å². The van der Waals surface area contributed by atoms with Crippen molar-refractivity contribution in [3.05, 3.63) is 35.9 Å². The van der Waals surface area contributed by atoms with Gasteiger partial charge < -0.3 is 15.0 Å². The number of hydrogen-bond donors (Lipinski definition) is 1. The predicted molar refractivity (Wildman–Crippen MR) is 97.8 cm³/mol. The Morgan fingerprint density at radius 2 is 1.69 bits per heavy atom. The molecular formula is C20H27N3O3. The summed E-state index contributed by atoms with van der Waals surface area (Å²) in [4.78, 5) is 29.3. The van der Waals surface area contributed by atoms with Crippen LogP contribution in [-0.2, 0) is 9.53 Å². The van der Waals surface area contributed by atoms with Gasteiger partial charge >= 0.3 is 0 Å². The van der Waals surface area contributed by atoms with Crippen molar-refractivity contribution in [2.24, 2.45) is 0 Å². The third-order valence-corrected chi connectivity index (χ3v) is 5.94. The van der Waals surface area contributed by atoms with Gasteiger partial charge in [0.05, 0.1) is 19.8 Å². The van der Waals surface area contributed by atoms with E-state index in [1.54, 1.807) is 0 Å². The summed E-state index contributed by atoms with van der Waals surface area (Å²) in [5.74, 6) is 0.227. The summed E-state index contributed by atoms with van der Waals surface area (Å²) >= 11 is 0. The molecule has 0 saturated carbocycles. The van der Waals surface area contributed by atoms with Crippen molar-refractivity contribution in [3.8, 4) is 0 Å². The number of benzene rings is 1. The number of piperidine rings is 1. The summed E-state index contributed by atoms with van der Waals surface area (Å²) in [6.45, 7) is 3.21. The molecule has 3 fully saturated rings. The Balaban J connectivity index is 1.32. The normalized spacial score (nSPS) is 28.8. The summed E-state index contributed by atoms with van der Waals surface area (Å²) in [6, 6.07) is 10.4. The van der Waals surface area contributed by atoms with Crippen molar-refractivity contribution in [3.63, 3.8) is 0 Å². The lowest BCUT2D eigenvalue weighted by molar-refractivity contribution is -0.137. The fourth-order valence-electron chi connectivity index (χ4n) is 4.58. The molecule has 4 rings (SSSR count). The molecule has 6 nitrogen and oxygen atoms in total. The molecule has 1 N–H and O–H groups in total. The van der Waals surface area contributed by atoms with Gasteiger partial charge in [-0.2, -0.15) is 0 Å². The van der Waals surface area contributed by atoms with E-state index in [-0.39, 0.29) is 17.9 Å². The maximum Gasteiger partial charge on any atom is 0.251 e. The minimum atomic E-state index is 0.00726. The zero-order chi connectivity index (χ0) is 17.9. The number of amides is 2. The lowest BCUT2D eigenvalue weighted by Gasteiger charge is -2.40. The molecule has 3 aliphatic heterocycles. The van der Waals surface area contributed by atoms with Crippen molar-refractivity contribution >= 4 is 11.8 Å². The molecule has 26 heavy (non-hydrogen) atoms. The Morgan fingerprint density at radius 3 is 2.35 bits per heavy atom. The van der Waals surface area contributed by atoms with E-state index in [0.29, 0.717) is 50.5 Å². The average molecular weight is 357 g/mol. The van der Waals surface area contributed by atoms with Crippen molar-refractivity contribution in [2.75, 3.05) is 32.8 Å². The molecule has 3 atom stereocenters. The molecule has 3 saturated heterocycles. The smallest absolute Gasteiger partial charge is 0.251 e. The summed E-state index contributed by atoms with van der Waals surface area (Å²) in [6.07, 6.45) is 4.12. The highest BCUT2D eigenvalue weighted by Gasteiger charge is 2.42. The number of carbonyl (C=O) groups excluding carboxylic acids is 2. The number of carbonyl (C=O) groups is 2. The van der Waals surface area contributed by atoms with Crippen LogP contribution in [0.1, 0.15) is 36.0 Å². The maximum absolute atomic E-state index is 12.6. The lowest BCUT2D eigenvalue weighted by Crippen LogP contribution is -2.54. The van der Waals surface area contributed by atoms with Crippen LogP contribution in [-0.4, -0.2) is 72.6 Å². The van der Waals surface area contributed by atoms with Gasteiger partial charge in [0.15, 0.2) is 0 Å². The second-order valence-corrected chi connectivity index (χ2v) is 7.56. The van der Waals surface area contributed by atoms with Crippen LogP contribution in [0.3, 0.4) is 0 Å². The zero-order valence-electron chi connectivity index (χ0n) is 15.1. The van der Waals surface area contributed by atoms with Gasteiger partial charge in [0.2, 0.25) is 5.91 Å². The summed E-state index contributed by atoms with van der Waals surface area (Å²) in [7, 11) is 0. The quantitative estimate of drug-likeness (QED) is 0.882. The number of hydrogen-bond acceptors (Lipinski definition) is 4. The van der Waals surface area contributed by atoms with Crippen LogP contribution in [0.5, 0.6) is 0 Å². The molecule has 3 heterocycles. The van der Waals surface area contributed by atoms with Crippen LogP contribution in [0.4, 0.5) is 0 Å². The van der Waals surface area contributed by atoms with E-state index in [1.165, 1.54) is 0 Å². The molecule has 1 aromatic carbocycles. The van der Waals surface area contributed by atoms with Crippen molar-refractivity contribution in [2.45, 2.75) is 43.8 Å². The summed E-state index contributed by atoms with van der Waals surface area (Å²) < 4.78 is 5.33. The summed E-state index contributed by atoms with van der Waals surface area (Å²) in [5.41, 5.74) is 0.713. The number of morpholine rings is 1. The van der Waals surface area contributed by atoms with Gasteiger partial charge in [0.25, 0.3) is 5.91 Å². The SMILES string of the molecule is O=C(NC1C[C@H]2CC[C@@H](C1)N2CC(=O)N1CCOCC1)c1ccccc1. The van der Waals surface area contributed by atoms with Gasteiger partial charge in [0, 0.05) is 36.8 Å². The number of ether oxygens (including phenoxy) is 1. The molecule has 0 aliphatic carbocycles. The van der Waals surface area contributed by atoms with Gasteiger partial charge in [0.1, 0.15) is 0 Å². The van der Waals surface area contributed by atoms with Gasteiger partial charge in [-0.25, -0.2) is 0 Å². The first-order valence-electron chi connectivity index (χ1n) is 9.68. The van der Waals surface area contributed by atoms with E-state index in [9.17, 15) is 9.59 Å². The number of rotatable bonds is 4. The topological polar surface area (TPSA) is 61.9 Å². The van der Waals surface area contributed by atoms with Gasteiger partial charge in [-0.15, -0.1) is 0 Å². The third kappa shape index (κ3) is 3.76. The Bertz CT molecular complexity index is 631. The first kappa shape index (κ1) is 17.5. The Hall–Kier alpha value is -1.92. The first-order chi connectivity index (χ1) is 12.7. The highest BCUT2D eigenvalue weighted by molar-refractivity contribution is 5.94. The highest BCUT2D eigenvalue weighted by atomic mass is 16.5. The molecule has 2 amide bonds. The van der Waals surface area contributed by atoms with E-state index in [0.717, 1.165) is 25.7 Å². The number of nitrogens with zero attached hydrogens (tertiary/aromatic N) is 2. The van der Waals surface area contributed by atoms with Crippen LogP contribution in [0.15, 0.2) is 30.3 Å². The van der Waals surface area contributed by atoms with Crippen molar-refractivity contribution in [1.82, 2.24) is 15.1 Å². The number of nitrogens with one attached hydrogen (secondary N) is 1. The predicted octanol–water partition coefficient (Wildman–Crippen LogP) is 1.27. The third-order valence-electron chi connectivity index (χ3n) is 5.94. The molecule has 6 heteroatoms. The fourth-order valence-corrected chi connectivity index (χ4v) is 4.58. The second-order valence-electron chi connectivity index (χ2n) is 7.56. The summed E-state index contributed by atoms with van der Waals surface area (Å²) in [5, 5.41) is 3.20. The average Bonchev–Trinajstić information content (AvgIpc) is 2.91. The van der Waals surface area contributed by atoms with E-state index >= 15 is 0 Å². The van der Waals surface area contributed by atoms with Crippen LogP contribution in [0, 0.1) is 0 Å². The van der Waals surface area contributed by atoms with Crippen LogP contribution in [0.25, 0.3) is 0 Å². The van der Waals surface area contributed by atoms with Gasteiger partial charge in [-0.05, 0) is 37.8 Å². The van der Waals surface area contributed by atoms with Crippen LogP contribution in [0.2, 0.25) is 0 Å². The van der Waals surface area contributed by atoms with Gasteiger partial charge in [-0.3, -0.25) is 14.5 Å². The first-order valence-corrected chi connectivity index (χ1v) is 9.68. The van der Waals surface area contributed by atoms with E-state index < -0.39 is 0 Å². The molecule has 140 valence electrons. The minimum absolute atomic E-state index is 0.00726. The largest absolute Gasteiger partial charge is 0.378 e. The molecule has 0 aromatic heterocycles. The molecule has 0 spiro atoms. The Kier molecular flexibility index (Phi) is 5.22. The molecular weight excluding hydrogens is 330 g/mol. The Labute approximate surface area is 154 Å². The van der Waals surface area contributed by atoms with Crippen molar-refractivity contribution in [1.29, 1.82) is 0 Å². The molecule has 0 radical (unpaired) electrons. The molecule has 1 unspecified atom stereocenters. The monoisotopic (exact) mass is 357 g/mol. The lowest BCUT2D eigenvalue weighted by atomic mass is 9.96. The zero-order valence-corrected chi connectivity index (χ0v) is 15.1. The number of fused-ring (bicyclic) bond motifs is 2. The van der Waals surface area contributed by atoms with E-state index in [4.69, 9.17) is 4.74 Å².